The van der Waals surface area contributed by atoms with Gasteiger partial charge < -0.3 is 20.1 Å². The minimum absolute atomic E-state index is 0.140. The molecule has 1 aliphatic carbocycles. The Morgan fingerprint density at radius 3 is 2.33 bits per heavy atom. The second-order valence-corrected chi connectivity index (χ2v) is 14.4. The van der Waals surface area contributed by atoms with Crippen LogP contribution >= 0.6 is 0 Å². The molecule has 0 radical (unpaired) electrons. The van der Waals surface area contributed by atoms with Gasteiger partial charge in [-0.3, -0.25) is 4.79 Å². The molecule has 0 unspecified atom stereocenters. The van der Waals surface area contributed by atoms with Gasteiger partial charge in [0.05, 0.1) is 33.5 Å². The van der Waals surface area contributed by atoms with Crippen LogP contribution in [0.15, 0.2) is 0 Å². The van der Waals surface area contributed by atoms with E-state index >= 15 is 0 Å². The highest BCUT2D eigenvalue weighted by molar-refractivity contribution is 6.81. The highest BCUT2D eigenvalue weighted by atomic mass is 28.3. The van der Waals surface area contributed by atoms with Gasteiger partial charge in [-0.1, -0.05) is 40.3 Å². The standard InChI is InChI=1S/C18H36O5Si/c1-7-23-16(22)10-12-15(24(5,6)18(2,3)4)9-8-13(20)17(12)14(21)11-19/h12-15,17,19-21H,7-11H2,1-6H3/t12-,13-,14-,15-,17+/m0/s1. The van der Waals surface area contributed by atoms with E-state index in [1.165, 1.54) is 0 Å². The molecule has 5 atom stereocenters. The fourth-order valence-corrected chi connectivity index (χ4v) is 7.53. The first-order chi connectivity index (χ1) is 11.0. The smallest absolute Gasteiger partial charge is 0.306 e. The quantitative estimate of drug-likeness (QED) is 0.500. The van der Waals surface area contributed by atoms with Crippen LogP contribution in [0.5, 0.6) is 0 Å². The Balaban J connectivity index is 3.21. The zero-order valence-electron chi connectivity index (χ0n) is 16.1. The van der Waals surface area contributed by atoms with Gasteiger partial charge in [0.2, 0.25) is 0 Å². The average molecular weight is 361 g/mol. The molecule has 0 aromatic rings. The summed E-state index contributed by atoms with van der Waals surface area (Å²) < 4.78 is 5.14. The lowest BCUT2D eigenvalue weighted by Crippen LogP contribution is -2.53. The molecule has 142 valence electrons. The van der Waals surface area contributed by atoms with Crippen molar-refractivity contribution >= 4 is 14.0 Å². The van der Waals surface area contributed by atoms with E-state index in [0.717, 1.165) is 6.42 Å². The van der Waals surface area contributed by atoms with Gasteiger partial charge in [0, 0.05) is 12.3 Å². The highest BCUT2D eigenvalue weighted by Gasteiger charge is 2.52. The highest BCUT2D eigenvalue weighted by Crippen LogP contribution is 2.54. The summed E-state index contributed by atoms with van der Waals surface area (Å²) >= 11 is 0. The van der Waals surface area contributed by atoms with Gasteiger partial charge in [-0.25, -0.2) is 0 Å². The fraction of sp³-hybridized carbons (Fsp3) is 0.944. The zero-order valence-corrected chi connectivity index (χ0v) is 17.1. The number of ether oxygens (including phenoxy) is 1. The molecule has 1 rings (SSSR count). The van der Waals surface area contributed by atoms with E-state index in [1.807, 2.05) is 0 Å². The normalized spacial score (nSPS) is 30.0. The minimum atomic E-state index is -1.80. The van der Waals surface area contributed by atoms with Crippen LogP contribution < -0.4 is 0 Å². The van der Waals surface area contributed by atoms with Gasteiger partial charge in [-0.2, -0.15) is 0 Å². The van der Waals surface area contributed by atoms with Crippen molar-refractivity contribution in [2.24, 2.45) is 11.8 Å². The number of rotatable bonds is 6. The molecule has 3 N–H and O–H groups in total. The first-order valence-electron chi connectivity index (χ1n) is 9.10. The van der Waals surface area contributed by atoms with Crippen LogP contribution in [-0.4, -0.2) is 54.8 Å². The van der Waals surface area contributed by atoms with E-state index in [4.69, 9.17) is 4.74 Å². The molecule has 0 saturated heterocycles. The van der Waals surface area contributed by atoms with Crippen LogP contribution in [0.2, 0.25) is 23.7 Å². The van der Waals surface area contributed by atoms with E-state index < -0.39 is 32.8 Å². The summed E-state index contributed by atoms with van der Waals surface area (Å²) in [6.45, 7) is 13.1. The molecule has 0 bridgehead atoms. The van der Waals surface area contributed by atoms with Crippen molar-refractivity contribution in [3.05, 3.63) is 0 Å². The Morgan fingerprint density at radius 2 is 1.88 bits per heavy atom. The van der Waals surface area contributed by atoms with Crippen LogP contribution in [0.1, 0.15) is 47.0 Å². The summed E-state index contributed by atoms with van der Waals surface area (Å²) in [6.07, 6.45) is -0.0297. The summed E-state index contributed by atoms with van der Waals surface area (Å²) in [5, 5.41) is 30.4. The lowest BCUT2D eigenvalue weighted by molar-refractivity contribution is -0.147. The summed E-state index contributed by atoms with van der Waals surface area (Å²) in [7, 11) is -1.80. The van der Waals surface area contributed by atoms with E-state index in [0.29, 0.717) is 13.0 Å². The number of aliphatic hydroxyl groups excluding tert-OH is 3. The van der Waals surface area contributed by atoms with Crippen molar-refractivity contribution < 1.29 is 24.9 Å². The molecule has 6 heteroatoms. The van der Waals surface area contributed by atoms with Crippen molar-refractivity contribution in [1.29, 1.82) is 0 Å². The van der Waals surface area contributed by atoms with Crippen molar-refractivity contribution in [3.63, 3.8) is 0 Å². The Kier molecular flexibility index (Phi) is 7.47. The second kappa shape index (κ2) is 8.30. The Morgan fingerprint density at radius 1 is 1.29 bits per heavy atom. The molecule has 1 saturated carbocycles. The number of hydrogen-bond donors (Lipinski definition) is 3. The van der Waals surface area contributed by atoms with E-state index in [1.54, 1.807) is 6.92 Å². The van der Waals surface area contributed by atoms with Gasteiger partial charge >= 0.3 is 5.97 Å². The van der Waals surface area contributed by atoms with Crippen molar-refractivity contribution in [2.75, 3.05) is 13.2 Å². The van der Waals surface area contributed by atoms with E-state index in [2.05, 4.69) is 33.9 Å². The molecule has 24 heavy (non-hydrogen) atoms. The monoisotopic (exact) mass is 360 g/mol. The Hall–Kier alpha value is -0.433. The van der Waals surface area contributed by atoms with E-state index in [-0.39, 0.29) is 28.9 Å². The Bertz CT molecular complexity index is 414. The summed E-state index contributed by atoms with van der Waals surface area (Å²) in [5.41, 5.74) is 0.288. The van der Waals surface area contributed by atoms with Gasteiger partial charge in [0.25, 0.3) is 0 Å². The van der Waals surface area contributed by atoms with Crippen molar-refractivity contribution in [3.8, 4) is 0 Å². The number of aliphatic hydroxyl groups is 3. The SMILES string of the molecule is CCOC(=O)C[C@@H]1[C@@H]([C@@H](O)CO)[C@@H](O)CC[C@@H]1[Si](C)(C)C(C)(C)C. The largest absolute Gasteiger partial charge is 0.466 e. The maximum Gasteiger partial charge on any atom is 0.306 e. The molecule has 0 aromatic heterocycles. The van der Waals surface area contributed by atoms with Crippen LogP contribution in [0.3, 0.4) is 0 Å². The topological polar surface area (TPSA) is 87.0 Å². The molecule has 0 spiro atoms. The van der Waals surface area contributed by atoms with Crippen LogP contribution in [-0.2, 0) is 9.53 Å². The molecule has 0 amide bonds. The minimum Gasteiger partial charge on any atom is -0.466 e. The van der Waals surface area contributed by atoms with Gasteiger partial charge in [0.15, 0.2) is 0 Å². The predicted molar refractivity (Wildman–Crippen MR) is 97.5 cm³/mol. The zero-order chi connectivity index (χ0) is 18.7. The van der Waals surface area contributed by atoms with E-state index in [9.17, 15) is 20.1 Å². The van der Waals surface area contributed by atoms with Gasteiger partial charge in [-0.15, -0.1) is 0 Å². The number of carbonyl (C=O) groups excluding carboxylic acids is 1. The lowest BCUT2D eigenvalue weighted by Gasteiger charge is -2.52. The van der Waals surface area contributed by atoms with Crippen LogP contribution in [0.4, 0.5) is 0 Å². The van der Waals surface area contributed by atoms with Gasteiger partial charge in [0.1, 0.15) is 0 Å². The molecule has 5 nitrogen and oxygen atoms in total. The summed E-state index contributed by atoms with van der Waals surface area (Å²) in [5.74, 6) is -0.918. The summed E-state index contributed by atoms with van der Waals surface area (Å²) in [4.78, 5) is 12.2. The fourth-order valence-electron chi connectivity index (χ4n) is 4.12. The van der Waals surface area contributed by atoms with Crippen LogP contribution in [0.25, 0.3) is 0 Å². The van der Waals surface area contributed by atoms with Gasteiger partial charge in [-0.05, 0) is 29.8 Å². The molecule has 0 aromatic carbocycles. The lowest BCUT2D eigenvalue weighted by atomic mass is 9.72. The predicted octanol–water partition coefficient (Wildman–Crippen LogP) is 2.56. The number of esters is 1. The third-order valence-corrected chi connectivity index (χ3v) is 12.9. The maximum absolute atomic E-state index is 12.2. The first-order valence-corrected chi connectivity index (χ1v) is 12.2. The first kappa shape index (κ1) is 21.6. The second-order valence-electron chi connectivity index (χ2n) is 8.72. The molecular weight excluding hydrogens is 324 g/mol. The molecule has 1 aliphatic rings. The molecule has 0 heterocycles. The van der Waals surface area contributed by atoms with Crippen LogP contribution in [0, 0.1) is 11.8 Å². The molecule has 0 aliphatic heterocycles. The maximum atomic E-state index is 12.2. The average Bonchev–Trinajstić information content (AvgIpc) is 2.45. The number of hydrogen-bond acceptors (Lipinski definition) is 5. The number of carbonyl (C=O) groups is 1. The van der Waals surface area contributed by atoms with Crippen molar-refractivity contribution in [1.82, 2.24) is 0 Å². The Labute approximate surface area is 147 Å². The van der Waals surface area contributed by atoms with Crippen molar-refractivity contribution in [2.45, 2.75) is 82.8 Å². The molecular formula is C18H36O5Si. The third-order valence-electron chi connectivity index (χ3n) is 6.43. The third kappa shape index (κ3) is 4.59. The molecule has 1 fully saturated rings. The summed E-state index contributed by atoms with van der Waals surface area (Å²) in [6, 6.07) is 0.